The van der Waals surface area contributed by atoms with E-state index in [9.17, 15) is 19.2 Å². The van der Waals surface area contributed by atoms with Crippen LogP contribution in [0.1, 0.15) is 22.3 Å². The summed E-state index contributed by atoms with van der Waals surface area (Å²) in [5, 5.41) is 0. The van der Waals surface area contributed by atoms with Crippen LogP contribution in [0.5, 0.6) is 0 Å². The lowest BCUT2D eigenvalue weighted by Gasteiger charge is -2.37. The van der Waals surface area contributed by atoms with Crippen molar-refractivity contribution in [3.8, 4) is 0 Å². The maximum absolute atomic E-state index is 13.6. The highest BCUT2D eigenvalue weighted by atomic mass is 79.9. The van der Waals surface area contributed by atoms with Gasteiger partial charge in [0, 0.05) is 16.5 Å². The molecule has 7 atom stereocenters. The summed E-state index contributed by atoms with van der Waals surface area (Å²) >= 11 is 3.33. The van der Waals surface area contributed by atoms with Crippen molar-refractivity contribution in [1.29, 1.82) is 0 Å². The highest BCUT2D eigenvalue weighted by molar-refractivity contribution is 9.10. The van der Waals surface area contributed by atoms with Crippen LogP contribution < -0.4 is 0 Å². The van der Waals surface area contributed by atoms with E-state index in [-0.39, 0.29) is 35.9 Å². The molecule has 6 nitrogen and oxygen atoms in total. The second-order valence-corrected chi connectivity index (χ2v) is 10.9. The van der Waals surface area contributed by atoms with Crippen LogP contribution in [-0.4, -0.2) is 41.1 Å². The number of carbonyl (C=O) groups excluding carboxylic acids is 4. The molecule has 5 aliphatic rings. The topological polar surface area (TPSA) is 80.8 Å². The van der Waals surface area contributed by atoms with Crippen LogP contribution in [0.25, 0.3) is 0 Å². The molecule has 2 amide bonds. The Morgan fingerprint density at radius 2 is 1.51 bits per heavy atom. The summed E-state index contributed by atoms with van der Waals surface area (Å²) in [4.78, 5) is 54.3. The predicted molar refractivity (Wildman–Crippen MR) is 130 cm³/mol. The number of hydrogen-bond acceptors (Lipinski definition) is 5. The minimum atomic E-state index is -1.10. The molecular formula is C28H24BrNO5. The minimum absolute atomic E-state index is 0.0730. The van der Waals surface area contributed by atoms with Crippen molar-refractivity contribution in [3.05, 3.63) is 82.3 Å². The van der Waals surface area contributed by atoms with Crippen LogP contribution >= 0.6 is 15.9 Å². The van der Waals surface area contributed by atoms with E-state index in [4.69, 9.17) is 4.74 Å². The van der Waals surface area contributed by atoms with Crippen LogP contribution in [0.15, 0.2) is 71.2 Å². The molecule has 2 aromatic carbocycles. The first-order valence-electron chi connectivity index (χ1n) is 12.0. The smallest absolute Gasteiger partial charge is 0.330 e. The van der Waals surface area contributed by atoms with Crippen LogP contribution in [0.2, 0.25) is 0 Å². The van der Waals surface area contributed by atoms with E-state index < -0.39 is 30.5 Å². The SMILES string of the molecule is O=C(COC(=O)[C@H](Cc1ccccc1)N1C(=O)[C@@H]2[C@H]3C=C[C@@H]([C@@H]4C[C@@H]34)[C@@H]2C1=O)c1ccc(Br)cc1. The summed E-state index contributed by atoms with van der Waals surface area (Å²) in [7, 11) is 0. The molecule has 2 aromatic rings. The lowest BCUT2D eigenvalue weighted by atomic mass is 9.63. The van der Waals surface area contributed by atoms with Crippen molar-refractivity contribution in [3.63, 3.8) is 0 Å². The third kappa shape index (κ3) is 3.77. The second-order valence-electron chi connectivity index (χ2n) is 9.94. The largest absolute Gasteiger partial charge is 0.456 e. The van der Waals surface area contributed by atoms with Gasteiger partial charge in [-0.15, -0.1) is 0 Å². The Morgan fingerprint density at radius 1 is 0.914 bits per heavy atom. The van der Waals surface area contributed by atoms with Gasteiger partial charge >= 0.3 is 5.97 Å². The van der Waals surface area contributed by atoms with Gasteiger partial charge in [0.2, 0.25) is 11.8 Å². The van der Waals surface area contributed by atoms with Crippen molar-refractivity contribution < 1.29 is 23.9 Å². The molecule has 7 rings (SSSR count). The number of hydrogen-bond donors (Lipinski definition) is 0. The Bertz CT molecular complexity index is 1200. The third-order valence-corrected chi connectivity index (χ3v) is 8.59. The quantitative estimate of drug-likeness (QED) is 0.234. The highest BCUT2D eigenvalue weighted by Gasteiger charge is 2.68. The zero-order valence-corrected chi connectivity index (χ0v) is 20.5. The number of halogens is 1. The molecule has 1 saturated heterocycles. The number of benzene rings is 2. The van der Waals surface area contributed by atoms with Crippen molar-refractivity contribution in [1.82, 2.24) is 4.90 Å². The normalized spacial score (nSPS) is 30.6. The molecule has 0 unspecified atom stereocenters. The van der Waals surface area contributed by atoms with Gasteiger partial charge in [-0.3, -0.25) is 19.3 Å². The molecule has 0 radical (unpaired) electrons. The number of allylic oxidation sites excluding steroid dienone is 2. The third-order valence-electron chi connectivity index (χ3n) is 8.06. The Labute approximate surface area is 211 Å². The van der Waals surface area contributed by atoms with Crippen LogP contribution in [0, 0.1) is 35.5 Å². The van der Waals surface area contributed by atoms with E-state index in [1.165, 1.54) is 0 Å². The Kier molecular flexibility index (Phi) is 5.48. The number of imide groups is 1. The molecule has 1 heterocycles. The number of esters is 1. The van der Waals surface area contributed by atoms with Gasteiger partial charge in [-0.2, -0.15) is 0 Å². The van der Waals surface area contributed by atoms with Gasteiger partial charge in [0.15, 0.2) is 12.4 Å². The summed E-state index contributed by atoms with van der Waals surface area (Å²) in [5.41, 5.74) is 1.23. The van der Waals surface area contributed by atoms with Gasteiger partial charge in [-0.1, -0.05) is 70.5 Å². The molecule has 178 valence electrons. The van der Waals surface area contributed by atoms with E-state index >= 15 is 0 Å². The number of ether oxygens (including phenoxy) is 1. The van der Waals surface area contributed by atoms with Gasteiger partial charge < -0.3 is 4.74 Å². The highest BCUT2D eigenvalue weighted by Crippen LogP contribution is 2.65. The first kappa shape index (κ1) is 22.4. The summed E-state index contributed by atoms with van der Waals surface area (Å²) in [6, 6.07) is 14.9. The van der Waals surface area contributed by atoms with Gasteiger partial charge in [0.1, 0.15) is 6.04 Å². The fraction of sp³-hybridized carbons (Fsp3) is 0.357. The lowest BCUT2D eigenvalue weighted by molar-refractivity contribution is -0.158. The van der Waals surface area contributed by atoms with Crippen LogP contribution in [-0.2, 0) is 25.5 Å². The van der Waals surface area contributed by atoms with E-state index in [0.29, 0.717) is 17.4 Å². The van der Waals surface area contributed by atoms with E-state index in [1.54, 1.807) is 24.3 Å². The number of ketones is 1. The number of rotatable bonds is 7. The molecule has 2 saturated carbocycles. The van der Waals surface area contributed by atoms with E-state index in [1.807, 2.05) is 30.3 Å². The molecule has 35 heavy (non-hydrogen) atoms. The minimum Gasteiger partial charge on any atom is -0.456 e. The number of amides is 2. The Balaban J connectivity index is 1.25. The number of Topliss-reactive ketones (excluding diaryl/α,β-unsaturated/α-hetero) is 1. The number of likely N-dealkylation sites (tertiary alicyclic amines) is 1. The standard InChI is InChI=1S/C28H24BrNO5/c29-17-8-6-16(7-9-17)23(31)14-35-28(34)22(12-15-4-2-1-3-5-15)30-26(32)24-18-10-11-19(21-13-20(18)21)25(24)27(30)33/h1-11,18-22,24-25H,12-14H2/t18-,19-,20-,21-,22-,24-,25+/m0/s1. The van der Waals surface area contributed by atoms with Gasteiger partial charge in [-0.05, 0) is 47.8 Å². The summed E-state index contributed by atoms with van der Waals surface area (Å²) in [6.07, 6.45) is 5.44. The molecule has 1 aliphatic heterocycles. The maximum atomic E-state index is 13.6. The van der Waals surface area contributed by atoms with Gasteiger partial charge in [-0.25, -0.2) is 4.79 Å². The zero-order valence-electron chi connectivity index (χ0n) is 18.9. The zero-order chi connectivity index (χ0) is 24.3. The fourth-order valence-electron chi connectivity index (χ4n) is 6.36. The van der Waals surface area contributed by atoms with Crippen LogP contribution in [0.3, 0.4) is 0 Å². The second kappa shape index (κ2) is 8.55. The first-order chi connectivity index (χ1) is 16.9. The van der Waals surface area contributed by atoms with E-state index in [2.05, 4.69) is 28.1 Å². The van der Waals surface area contributed by atoms with Gasteiger partial charge in [0.05, 0.1) is 11.8 Å². The van der Waals surface area contributed by atoms with Crippen LogP contribution in [0.4, 0.5) is 0 Å². The molecule has 3 fully saturated rings. The molecule has 2 bridgehead atoms. The van der Waals surface area contributed by atoms with E-state index in [0.717, 1.165) is 21.4 Å². The summed E-state index contributed by atoms with van der Waals surface area (Å²) in [5.74, 6) is -1.31. The number of nitrogens with zero attached hydrogens (tertiary/aromatic N) is 1. The molecule has 4 aliphatic carbocycles. The Morgan fingerprint density at radius 3 is 2.11 bits per heavy atom. The summed E-state index contributed by atoms with van der Waals surface area (Å²) < 4.78 is 6.26. The van der Waals surface area contributed by atoms with Gasteiger partial charge in [0.25, 0.3) is 0 Å². The van der Waals surface area contributed by atoms with Crippen molar-refractivity contribution in [2.24, 2.45) is 35.5 Å². The average molecular weight is 534 g/mol. The fourth-order valence-corrected chi connectivity index (χ4v) is 6.62. The number of carbonyl (C=O) groups is 4. The van der Waals surface area contributed by atoms with Crippen molar-refractivity contribution >= 4 is 39.5 Å². The average Bonchev–Trinajstić information content (AvgIpc) is 3.65. The lowest BCUT2D eigenvalue weighted by Crippen LogP contribution is -2.48. The summed E-state index contributed by atoms with van der Waals surface area (Å²) in [6.45, 7) is -0.453. The maximum Gasteiger partial charge on any atom is 0.330 e. The first-order valence-corrected chi connectivity index (χ1v) is 12.8. The molecule has 0 spiro atoms. The molecule has 0 aromatic heterocycles. The van der Waals surface area contributed by atoms with Crippen molar-refractivity contribution in [2.75, 3.05) is 6.61 Å². The van der Waals surface area contributed by atoms with Crippen molar-refractivity contribution in [2.45, 2.75) is 18.9 Å². The predicted octanol–water partition coefficient (Wildman–Crippen LogP) is 3.84. The molecule has 7 heteroatoms. The Hall–Kier alpha value is -3.06. The monoisotopic (exact) mass is 533 g/mol. The molecule has 0 N–H and O–H groups in total. The molecular weight excluding hydrogens is 510 g/mol.